The number of sulfonamides is 1. The maximum Gasteiger partial charge on any atom is 0.416 e. The molecule has 7 nitrogen and oxygen atoms in total. The number of fused-ring (bicyclic) bond motifs is 3. The molecule has 0 saturated carbocycles. The van der Waals surface area contributed by atoms with Crippen LogP contribution < -0.4 is 10.2 Å². The topological polar surface area (TPSA) is 82.6 Å². The molecule has 4 aromatic rings. The van der Waals surface area contributed by atoms with Crippen molar-refractivity contribution in [2.75, 3.05) is 24.5 Å². The Balaban J connectivity index is 1.26. The second kappa shape index (κ2) is 11.6. The van der Waals surface area contributed by atoms with Gasteiger partial charge in [0, 0.05) is 43.0 Å². The van der Waals surface area contributed by atoms with E-state index in [4.69, 9.17) is 4.98 Å². The Morgan fingerprint density at radius 2 is 1.73 bits per heavy atom. The van der Waals surface area contributed by atoms with Crippen molar-refractivity contribution in [3.05, 3.63) is 99.9 Å². The maximum absolute atomic E-state index is 13.9. The van der Waals surface area contributed by atoms with Gasteiger partial charge in [-0.1, -0.05) is 62.4 Å². The third-order valence-electron chi connectivity index (χ3n) is 8.12. The molecule has 1 aromatic heterocycles. The lowest BCUT2D eigenvalue weighted by Gasteiger charge is -2.39. The van der Waals surface area contributed by atoms with Gasteiger partial charge in [0.25, 0.3) is 0 Å². The van der Waals surface area contributed by atoms with Gasteiger partial charge < -0.3 is 10.2 Å². The number of alkyl halides is 3. The first-order chi connectivity index (χ1) is 20.9. The van der Waals surface area contributed by atoms with E-state index in [-0.39, 0.29) is 30.4 Å². The number of nitrogens with zero attached hydrogens (tertiary/aromatic N) is 3. The maximum atomic E-state index is 13.9. The SMILES string of the molecule is CC(C)c1ccc(S(=O)(=O)N2CCN(c3nc4c(s3)Cc3ccccc3-4)CC2C(=O)NCc2ccc(C(F)(F)F)cc2)cc1. The van der Waals surface area contributed by atoms with Gasteiger partial charge in [-0.15, -0.1) is 11.3 Å². The van der Waals surface area contributed by atoms with Gasteiger partial charge in [0.05, 0.1) is 16.2 Å². The fraction of sp³-hybridized carbons (Fsp3) is 0.312. The van der Waals surface area contributed by atoms with Crippen LogP contribution in [0.3, 0.4) is 0 Å². The molecule has 2 aliphatic rings. The fourth-order valence-electron chi connectivity index (χ4n) is 5.60. The zero-order chi connectivity index (χ0) is 31.2. The largest absolute Gasteiger partial charge is 0.416 e. The van der Waals surface area contributed by atoms with E-state index in [9.17, 15) is 26.4 Å². The molecule has 230 valence electrons. The van der Waals surface area contributed by atoms with Gasteiger partial charge in [0.15, 0.2) is 5.13 Å². The Kier molecular flexibility index (Phi) is 8.02. The van der Waals surface area contributed by atoms with Crippen molar-refractivity contribution < 1.29 is 26.4 Å². The first-order valence-electron chi connectivity index (χ1n) is 14.3. The number of carbonyl (C=O) groups excluding carboxylic acids is 1. The number of aromatic nitrogens is 1. The second-order valence-corrected chi connectivity index (χ2v) is 14.3. The fourth-order valence-corrected chi connectivity index (χ4v) is 8.31. The molecule has 1 aliphatic heterocycles. The molecule has 3 aromatic carbocycles. The van der Waals surface area contributed by atoms with Crippen molar-refractivity contribution in [1.82, 2.24) is 14.6 Å². The number of nitrogens with one attached hydrogen (secondary N) is 1. The molecule has 0 spiro atoms. The van der Waals surface area contributed by atoms with E-state index in [2.05, 4.69) is 11.4 Å². The van der Waals surface area contributed by atoms with E-state index in [0.717, 1.165) is 45.4 Å². The van der Waals surface area contributed by atoms with Crippen LogP contribution in [0, 0.1) is 0 Å². The van der Waals surface area contributed by atoms with Gasteiger partial charge in [-0.05, 0) is 46.9 Å². The van der Waals surface area contributed by atoms with E-state index < -0.39 is 33.7 Å². The summed E-state index contributed by atoms with van der Waals surface area (Å²) in [5.41, 5.74) is 3.90. The summed E-state index contributed by atoms with van der Waals surface area (Å²) >= 11 is 1.54. The number of piperazine rings is 1. The average Bonchev–Trinajstić information content (AvgIpc) is 3.58. The first-order valence-corrected chi connectivity index (χ1v) is 16.6. The molecule has 1 saturated heterocycles. The van der Waals surface area contributed by atoms with Crippen molar-refractivity contribution in [2.45, 2.75) is 49.8 Å². The highest BCUT2D eigenvalue weighted by Gasteiger charge is 2.41. The van der Waals surface area contributed by atoms with Crippen LogP contribution in [0.4, 0.5) is 18.3 Å². The average molecular weight is 641 g/mol. The van der Waals surface area contributed by atoms with Gasteiger partial charge in [0.2, 0.25) is 15.9 Å². The molecular weight excluding hydrogens is 610 g/mol. The predicted molar refractivity (Wildman–Crippen MR) is 164 cm³/mol. The lowest BCUT2D eigenvalue weighted by molar-refractivity contribution is -0.137. The van der Waals surface area contributed by atoms with Crippen LogP contribution in [0.1, 0.15) is 46.9 Å². The van der Waals surface area contributed by atoms with Crippen molar-refractivity contribution in [3.8, 4) is 11.3 Å². The molecule has 1 fully saturated rings. The Labute approximate surface area is 258 Å². The molecule has 12 heteroatoms. The summed E-state index contributed by atoms with van der Waals surface area (Å²) in [6.07, 6.45) is -3.69. The van der Waals surface area contributed by atoms with E-state index in [1.54, 1.807) is 35.6 Å². The molecule has 1 unspecified atom stereocenters. The number of amides is 1. The zero-order valence-corrected chi connectivity index (χ0v) is 25.8. The number of hydrogen-bond acceptors (Lipinski definition) is 6. The van der Waals surface area contributed by atoms with Crippen LogP contribution in [-0.2, 0) is 34.0 Å². The number of thiazole rings is 1. The normalized spacial score (nSPS) is 17.0. The van der Waals surface area contributed by atoms with Gasteiger partial charge in [-0.25, -0.2) is 13.4 Å². The van der Waals surface area contributed by atoms with Crippen LogP contribution in [0.15, 0.2) is 77.7 Å². The summed E-state index contributed by atoms with van der Waals surface area (Å²) in [6.45, 7) is 4.48. The number of anilines is 1. The number of carbonyl (C=O) groups is 1. The van der Waals surface area contributed by atoms with Crippen LogP contribution >= 0.6 is 11.3 Å². The van der Waals surface area contributed by atoms with Crippen molar-refractivity contribution >= 4 is 32.4 Å². The minimum atomic E-state index is -4.46. The molecule has 1 atom stereocenters. The molecule has 44 heavy (non-hydrogen) atoms. The third kappa shape index (κ3) is 5.85. The Hall–Kier alpha value is -3.74. The van der Waals surface area contributed by atoms with Gasteiger partial charge >= 0.3 is 6.18 Å². The van der Waals surface area contributed by atoms with Crippen molar-refractivity contribution in [1.29, 1.82) is 0 Å². The van der Waals surface area contributed by atoms with E-state index >= 15 is 0 Å². The summed E-state index contributed by atoms with van der Waals surface area (Å²) in [5.74, 6) is -0.308. The van der Waals surface area contributed by atoms with Gasteiger partial charge in [-0.3, -0.25) is 4.79 Å². The second-order valence-electron chi connectivity index (χ2n) is 11.3. The highest BCUT2D eigenvalue weighted by molar-refractivity contribution is 7.89. The number of halogens is 3. The third-order valence-corrected chi connectivity index (χ3v) is 11.2. The molecule has 0 bridgehead atoms. The predicted octanol–water partition coefficient (Wildman–Crippen LogP) is 6.05. The van der Waals surface area contributed by atoms with Crippen molar-refractivity contribution in [2.24, 2.45) is 0 Å². The Morgan fingerprint density at radius 1 is 1.02 bits per heavy atom. The van der Waals surface area contributed by atoms with E-state index in [1.165, 1.54) is 22.0 Å². The summed E-state index contributed by atoms with van der Waals surface area (Å²) in [5, 5.41) is 3.48. The van der Waals surface area contributed by atoms with Crippen LogP contribution in [0.25, 0.3) is 11.3 Å². The number of hydrogen-bond donors (Lipinski definition) is 1. The van der Waals surface area contributed by atoms with Gasteiger partial charge in [-0.2, -0.15) is 17.5 Å². The van der Waals surface area contributed by atoms with E-state index in [1.807, 2.05) is 36.9 Å². The van der Waals surface area contributed by atoms with Gasteiger partial charge in [0.1, 0.15) is 6.04 Å². The lowest BCUT2D eigenvalue weighted by atomic mass is 10.0. The Morgan fingerprint density at radius 3 is 2.41 bits per heavy atom. The monoisotopic (exact) mass is 640 g/mol. The highest BCUT2D eigenvalue weighted by Crippen LogP contribution is 2.42. The molecular formula is C32H31F3N4O3S2. The Bertz CT molecular complexity index is 1790. The van der Waals surface area contributed by atoms with Crippen LogP contribution in [0.5, 0.6) is 0 Å². The smallest absolute Gasteiger partial charge is 0.351 e. The van der Waals surface area contributed by atoms with Crippen LogP contribution in [0.2, 0.25) is 0 Å². The molecule has 0 radical (unpaired) electrons. The summed E-state index contributed by atoms with van der Waals surface area (Å²) in [6, 6.07) is 18.2. The lowest BCUT2D eigenvalue weighted by Crippen LogP contribution is -2.60. The van der Waals surface area contributed by atoms with E-state index in [0.29, 0.717) is 12.1 Å². The molecule has 1 N–H and O–H groups in total. The zero-order valence-electron chi connectivity index (χ0n) is 24.1. The highest BCUT2D eigenvalue weighted by atomic mass is 32.2. The molecule has 1 amide bonds. The number of rotatable bonds is 7. The molecule has 2 heterocycles. The minimum Gasteiger partial charge on any atom is -0.351 e. The van der Waals surface area contributed by atoms with Crippen molar-refractivity contribution in [3.63, 3.8) is 0 Å². The minimum absolute atomic E-state index is 0.0488. The van der Waals surface area contributed by atoms with Crippen LogP contribution in [-0.4, -0.2) is 49.3 Å². The summed E-state index contributed by atoms with van der Waals surface area (Å²) < 4.78 is 68.0. The standard InChI is InChI=1S/C32H31F3N4O3S2/c1-20(2)22-9-13-25(14-10-22)44(41,42)39-16-15-38(31-37-29-26-6-4-3-5-23(26)17-28(29)43-31)19-27(39)30(40)36-18-21-7-11-24(12-8-21)32(33,34)35/h3-14,20,27H,15-19H2,1-2H3,(H,36,40). The number of benzene rings is 3. The molecule has 1 aliphatic carbocycles. The quantitative estimate of drug-likeness (QED) is 0.234. The first kappa shape index (κ1) is 30.3. The summed E-state index contributed by atoms with van der Waals surface area (Å²) in [7, 11) is -4.04. The molecule has 6 rings (SSSR count). The summed E-state index contributed by atoms with van der Waals surface area (Å²) in [4.78, 5) is 21.7.